The van der Waals surface area contributed by atoms with Crippen molar-refractivity contribution in [2.45, 2.75) is 18.2 Å². The van der Waals surface area contributed by atoms with E-state index < -0.39 is 20.9 Å². The Labute approximate surface area is 190 Å². The summed E-state index contributed by atoms with van der Waals surface area (Å²) in [4.78, 5) is 23.4. The summed E-state index contributed by atoms with van der Waals surface area (Å²) in [5, 5.41) is 22.8. The average molecular weight is 490 g/mol. The molecule has 2 aromatic carbocycles. The van der Waals surface area contributed by atoms with Gasteiger partial charge >= 0.3 is 0 Å². The zero-order valence-electron chi connectivity index (χ0n) is 16.4. The largest absolute Gasteiger partial charge is 0.321 e. The van der Waals surface area contributed by atoms with E-state index in [-0.39, 0.29) is 15.7 Å². The number of non-ortho nitro benzene ring substituents is 1. The molecule has 13 heteroatoms. The Morgan fingerprint density at radius 3 is 2.50 bits per heavy atom. The van der Waals surface area contributed by atoms with E-state index in [2.05, 4.69) is 20.2 Å². The van der Waals surface area contributed by atoms with Crippen molar-refractivity contribution < 1.29 is 18.1 Å². The normalized spacial score (nSPS) is 11.4. The molecule has 0 atom stereocenters. The maximum atomic E-state index is 12.6. The number of amides is 1. The van der Waals surface area contributed by atoms with Gasteiger partial charge in [0, 0.05) is 27.9 Å². The molecule has 32 heavy (non-hydrogen) atoms. The highest BCUT2D eigenvalue weighted by Crippen LogP contribution is 2.29. The van der Waals surface area contributed by atoms with Gasteiger partial charge in [-0.3, -0.25) is 19.6 Å². The molecule has 2 N–H and O–H groups in total. The number of nitro benzene ring substituents is 1. The molecule has 10 nitrogen and oxygen atoms in total. The first-order valence-electron chi connectivity index (χ1n) is 9.20. The molecule has 2 heterocycles. The van der Waals surface area contributed by atoms with Crippen LogP contribution in [0.2, 0.25) is 0 Å². The van der Waals surface area contributed by atoms with Crippen LogP contribution in [-0.2, 0) is 16.4 Å². The van der Waals surface area contributed by atoms with E-state index in [1.165, 1.54) is 47.7 Å². The highest BCUT2D eigenvalue weighted by molar-refractivity contribution is 7.93. The molecule has 2 aromatic heterocycles. The van der Waals surface area contributed by atoms with Crippen LogP contribution in [0.3, 0.4) is 0 Å². The number of nitro groups is 1. The van der Waals surface area contributed by atoms with Crippen molar-refractivity contribution in [3.05, 3.63) is 68.5 Å². The Morgan fingerprint density at radius 1 is 1.09 bits per heavy atom. The van der Waals surface area contributed by atoms with Crippen LogP contribution in [0.25, 0.3) is 10.1 Å². The number of aryl methyl sites for hydroxylation is 1. The fourth-order valence-corrected chi connectivity index (χ4v) is 5.63. The van der Waals surface area contributed by atoms with Gasteiger partial charge in [-0.2, -0.15) is 0 Å². The van der Waals surface area contributed by atoms with Gasteiger partial charge in [-0.1, -0.05) is 18.3 Å². The van der Waals surface area contributed by atoms with E-state index in [0.717, 1.165) is 21.0 Å². The summed E-state index contributed by atoms with van der Waals surface area (Å²) < 4.78 is 28.2. The first kappa shape index (κ1) is 21.8. The van der Waals surface area contributed by atoms with Gasteiger partial charge in [-0.15, -0.1) is 21.5 Å². The molecular weight excluding hydrogens is 474 g/mol. The Bertz CT molecular complexity index is 1430. The molecule has 0 unspecified atom stereocenters. The van der Waals surface area contributed by atoms with Gasteiger partial charge in [-0.05, 0) is 42.8 Å². The SMILES string of the molecule is CCc1nnc(NS(=O)(=O)c2ccc(NC(=O)c3cc4cc([N+](=O)[O-])ccc4s3)cc2)s1. The van der Waals surface area contributed by atoms with Crippen LogP contribution in [-0.4, -0.2) is 29.4 Å². The number of thiophene rings is 1. The Morgan fingerprint density at radius 2 is 1.84 bits per heavy atom. The Hall–Kier alpha value is -3.42. The molecule has 0 saturated heterocycles. The first-order chi connectivity index (χ1) is 15.2. The molecule has 4 aromatic rings. The van der Waals surface area contributed by atoms with Crippen LogP contribution in [0.4, 0.5) is 16.5 Å². The van der Waals surface area contributed by atoms with Gasteiger partial charge in [-0.25, -0.2) is 8.42 Å². The summed E-state index contributed by atoms with van der Waals surface area (Å²) >= 11 is 2.37. The minimum atomic E-state index is -3.84. The molecule has 1 amide bonds. The molecule has 0 aliphatic heterocycles. The number of hydrogen-bond acceptors (Lipinski definition) is 9. The molecule has 0 aliphatic rings. The minimum absolute atomic E-state index is 0.0120. The van der Waals surface area contributed by atoms with Crippen LogP contribution >= 0.6 is 22.7 Å². The van der Waals surface area contributed by atoms with Gasteiger partial charge in [0.05, 0.1) is 14.7 Å². The van der Waals surface area contributed by atoms with Gasteiger partial charge in [0.1, 0.15) is 5.01 Å². The van der Waals surface area contributed by atoms with E-state index in [9.17, 15) is 23.3 Å². The van der Waals surface area contributed by atoms with Gasteiger partial charge < -0.3 is 5.32 Å². The third-order valence-electron chi connectivity index (χ3n) is 4.35. The summed E-state index contributed by atoms with van der Waals surface area (Å²) in [5.41, 5.74) is 0.355. The van der Waals surface area contributed by atoms with Crippen molar-refractivity contribution in [2.24, 2.45) is 0 Å². The molecule has 0 spiro atoms. The summed E-state index contributed by atoms with van der Waals surface area (Å²) in [6.07, 6.45) is 0.657. The molecule has 0 saturated carbocycles. The lowest BCUT2D eigenvalue weighted by molar-refractivity contribution is -0.384. The predicted molar refractivity (Wildman–Crippen MR) is 123 cm³/mol. The van der Waals surface area contributed by atoms with Crippen molar-refractivity contribution in [3.63, 3.8) is 0 Å². The number of fused-ring (bicyclic) bond motifs is 1. The lowest BCUT2D eigenvalue weighted by Crippen LogP contribution is -2.13. The van der Waals surface area contributed by atoms with Crippen LogP contribution in [0.15, 0.2) is 53.4 Å². The lowest BCUT2D eigenvalue weighted by Gasteiger charge is -2.07. The standard InChI is InChI=1S/C19H15N5O5S3/c1-2-17-21-22-19(31-17)23-32(28,29)14-6-3-12(4-7-14)20-18(25)16-10-11-9-13(24(26)27)5-8-15(11)30-16/h3-10H,2H2,1H3,(H,20,25)(H,22,23). The number of sulfonamides is 1. The Kier molecular flexibility index (Phi) is 5.86. The van der Waals surface area contributed by atoms with Crippen molar-refractivity contribution in [1.29, 1.82) is 0 Å². The molecule has 0 aliphatic carbocycles. The molecule has 0 radical (unpaired) electrons. The quantitative estimate of drug-likeness (QED) is 0.291. The van der Waals surface area contributed by atoms with E-state index in [0.29, 0.717) is 22.4 Å². The number of anilines is 2. The maximum absolute atomic E-state index is 12.6. The number of nitrogens with one attached hydrogen (secondary N) is 2. The fourth-order valence-electron chi connectivity index (χ4n) is 2.78. The molecule has 0 bridgehead atoms. The van der Waals surface area contributed by atoms with Gasteiger partial charge in [0.25, 0.3) is 21.6 Å². The maximum Gasteiger partial charge on any atom is 0.270 e. The second kappa shape index (κ2) is 8.61. The van der Waals surface area contributed by atoms with Crippen LogP contribution in [0.5, 0.6) is 0 Å². The van der Waals surface area contributed by atoms with E-state index in [4.69, 9.17) is 0 Å². The third-order valence-corrected chi connectivity index (χ3v) is 7.93. The monoisotopic (exact) mass is 489 g/mol. The van der Waals surface area contributed by atoms with E-state index >= 15 is 0 Å². The summed E-state index contributed by atoms with van der Waals surface area (Å²) in [6.45, 7) is 1.90. The number of nitrogens with zero attached hydrogens (tertiary/aromatic N) is 3. The average Bonchev–Trinajstić information content (AvgIpc) is 3.39. The number of carbonyl (C=O) groups is 1. The van der Waals surface area contributed by atoms with Crippen LogP contribution in [0.1, 0.15) is 21.6 Å². The Balaban J connectivity index is 1.47. The summed E-state index contributed by atoms with van der Waals surface area (Å²) in [7, 11) is -3.84. The zero-order valence-corrected chi connectivity index (χ0v) is 18.9. The van der Waals surface area contributed by atoms with Gasteiger partial charge in [0.2, 0.25) is 5.13 Å². The number of rotatable bonds is 7. The highest BCUT2D eigenvalue weighted by atomic mass is 32.2. The summed E-state index contributed by atoms with van der Waals surface area (Å²) in [5.74, 6) is -0.399. The second-order valence-electron chi connectivity index (χ2n) is 6.53. The smallest absolute Gasteiger partial charge is 0.270 e. The highest BCUT2D eigenvalue weighted by Gasteiger charge is 2.18. The fraction of sp³-hybridized carbons (Fsp3) is 0.105. The van der Waals surface area contributed by atoms with E-state index in [1.54, 1.807) is 12.1 Å². The molecular formula is C19H15N5O5S3. The molecule has 0 fully saturated rings. The minimum Gasteiger partial charge on any atom is -0.321 e. The van der Waals surface area contributed by atoms with Gasteiger partial charge in [0.15, 0.2) is 0 Å². The number of benzene rings is 2. The van der Waals surface area contributed by atoms with Crippen molar-refractivity contribution in [3.8, 4) is 0 Å². The first-order valence-corrected chi connectivity index (χ1v) is 12.3. The topological polar surface area (TPSA) is 144 Å². The van der Waals surface area contributed by atoms with Crippen LogP contribution in [0, 0.1) is 10.1 Å². The van der Waals surface area contributed by atoms with Crippen molar-refractivity contribution in [2.75, 3.05) is 10.0 Å². The molecule has 164 valence electrons. The lowest BCUT2D eigenvalue weighted by atomic mass is 10.2. The predicted octanol–water partition coefficient (Wildman–Crippen LogP) is 4.28. The third kappa shape index (κ3) is 4.59. The number of carbonyl (C=O) groups excluding carboxylic acids is 1. The second-order valence-corrected chi connectivity index (χ2v) is 10.4. The molecule has 4 rings (SSSR count). The number of hydrogen-bond donors (Lipinski definition) is 2. The van der Waals surface area contributed by atoms with Crippen molar-refractivity contribution in [1.82, 2.24) is 10.2 Å². The van der Waals surface area contributed by atoms with Crippen molar-refractivity contribution >= 4 is 65.2 Å². The zero-order chi connectivity index (χ0) is 22.9. The van der Waals surface area contributed by atoms with E-state index in [1.807, 2.05) is 6.92 Å². The van der Waals surface area contributed by atoms with Crippen LogP contribution < -0.4 is 10.0 Å². The number of aromatic nitrogens is 2. The summed E-state index contributed by atoms with van der Waals surface area (Å²) in [6, 6.07) is 11.7.